The number of rotatable bonds is 35. The highest BCUT2D eigenvalue weighted by atomic mass is 16.6. The van der Waals surface area contributed by atoms with E-state index in [9.17, 15) is 24.0 Å². The highest BCUT2D eigenvalue weighted by molar-refractivity contribution is 5.99. The summed E-state index contributed by atoms with van der Waals surface area (Å²) >= 11 is 0. The molecule has 2 fully saturated rings. The number of allylic oxidation sites excluding steroid dienone is 1. The van der Waals surface area contributed by atoms with E-state index in [4.69, 9.17) is 23.7 Å². The summed E-state index contributed by atoms with van der Waals surface area (Å²) in [6.07, 6.45) is 4.10. The van der Waals surface area contributed by atoms with E-state index in [-0.39, 0.29) is 70.0 Å². The van der Waals surface area contributed by atoms with E-state index >= 15 is 28.8 Å². The number of nitrogens with one attached hydrogen (secondary N) is 7. The molecule has 0 bridgehead atoms. The van der Waals surface area contributed by atoms with Gasteiger partial charge in [0.05, 0.1) is 18.3 Å². The topological polar surface area (TPSA) is 404 Å². The second-order valence-corrected chi connectivity index (χ2v) is 38.8. The van der Waals surface area contributed by atoms with Crippen LogP contribution in [0.5, 0.6) is 11.5 Å². The summed E-state index contributed by atoms with van der Waals surface area (Å²) in [4.78, 5) is 167. The molecule has 33 nitrogen and oxygen atoms in total. The lowest BCUT2D eigenvalue weighted by molar-refractivity contribution is -0.158. The van der Waals surface area contributed by atoms with Crippen molar-refractivity contribution in [2.24, 2.45) is 16.7 Å². The van der Waals surface area contributed by atoms with Crippen molar-refractivity contribution in [2.45, 2.75) is 253 Å². The lowest BCUT2D eigenvalue weighted by Gasteiger charge is -2.37. The number of H-pyrrole nitrogens is 1. The number of hydrogen-bond donors (Lipinski definition) is 7. The van der Waals surface area contributed by atoms with Crippen LogP contribution < -0.4 is 41.4 Å². The first-order valence-electron chi connectivity index (χ1n) is 44.0. The first-order chi connectivity index (χ1) is 61.1. The third-order valence-electron chi connectivity index (χ3n) is 22.6. The molecule has 0 aliphatic carbocycles. The van der Waals surface area contributed by atoms with Crippen LogP contribution in [-0.2, 0) is 89.7 Å². The fraction of sp³-hybridized carbons (Fsp3) is 0.485. The standard InChI is InChI=1S/C97H127N17O16/c1-22-28-64-52-77(112(54-64)88(121)79(93(5,6)7)102-82(115)58(3)110(20)91(124)129-96(14,15)16)86(119)99-75(51-63-34-40-66-30-25-27-32-68(66)47-63)85(118)101-76(90(123)128-95(11,12)13)49-61-37-43-72(44-38-61)127-57-69-55-114(109-104-69)70-53-78(113(56-70)89(122)80(94(8,9)10)103-83(116)59(4)111(21)92(125)130-97(17,18)19)87(120)100-74(50-62-33-39-65-29-24-26-31-67(65)46-62)84(117)98-73(81-105-107-108-106-81)48-60-35-41-71(42-36-60)126-45-23-2/h22-27,29-44,46-47,55,58-59,64,70,73-80H,1-2,28,45,48-54,56-57H2,3-21H3,(H,98,117)(H,99,119)(H,100,120)(H,101,118)(H,102,115)(H,103,116)(H,105,106,107,108). The molecule has 6 aromatic carbocycles. The minimum absolute atomic E-state index is 0.0117. The molecular formula is C97H127N17O16. The van der Waals surface area contributed by atoms with Crippen molar-refractivity contribution in [1.82, 2.24) is 87.1 Å². The summed E-state index contributed by atoms with van der Waals surface area (Å²) in [6, 6.07) is 28.3. The predicted molar refractivity (Wildman–Crippen MR) is 490 cm³/mol. The third kappa shape index (κ3) is 27.2. The molecule has 33 heteroatoms. The van der Waals surface area contributed by atoms with Crippen molar-refractivity contribution in [3.63, 3.8) is 0 Å². The van der Waals surface area contributed by atoms with Gasteiger partial charge in [0.25, 0.3) is 0 Å². The Kier molecular flexibility index (Phi) is 32.3. The summed E-state index contributed by atoms with van der Waals surface area (Å²) in [5, 5.41) is 45.1. The molecule has 2 saturated heterocycles. The predicted octanol–water partition coefficient (Wildman–Crippen LogP) is 10.7. The van der Waals surface area contributed by atoms with Crippen LogP contribution in [0.15, 0.2) is 165 Å². The SMILES string of the molecule is C=CCOc1ccc(CC(NC(=O)C(Cc2ccc3ccccc3c2)NC(=O)C2CC(n3cc(COc4ccc(CC(NC(=O)C(Cc5ccc6ccccc6c5)NC(=O)C5CC(CC=C)CN5C(=O)C(NC(=O)C(C)N(C)C(=O)OC(C)(C)C)C(C)(C)C)C(=O)OC(C)(C)C)cc4)nn3)CN2C(=O)C(NC(=O)C(C)N(C)C(=O)OC(C)(C)C)C(C)(C)C)c2nnn[nH]2)cc1. The van der Waals surface area contributed by atoms with Gasteiger partial charge in [-0.25, -0.2) is 24.2 Å². The molecule has 0 spiro atoms. The quantitative estimate of drug-likeness (QED) is 0.0110. The third-order valence-corrected chi connectivity index (χ3v) is 22.6. The maximum atomic E-state index is 15.7. The van der Waals surface area contributed by atoms with Crippen molar-refractivity contribution in [1.29, 1.82) is 0 Å². The Morgan fingerprint density at radius 3 is 1.40 bits per heavy atom. The maximum Gasteiger partial charge on any atom is 0.410 e. The Hall–Kier alpha value is -13.1. The molecule has 696 valence electrons. The number of aromatic amines is 1. The van der Waals surface area contributed by atoms with E-state index < -0.39 is 160 Å². The number of benzene rings is 6. The molecule has 0 saturated carbocycles. The second-order valence-electron chi connectivity index (χ2n) is 38.8. The van der Waals surface area contributed by atoms with Crippen LogP contribution >= 0.6 is 0 Å². The molecule has 4 heterocycles. The van der Waals surface area contributed by atoms with Gasteiger partial charge < -0.3 is 65.4 Å². The molecule has 0 radical (unpaired) electrons. The molecule has 12 unspecified atom stereocenters. The Balaban J connectivity index is 0.892. The van der Waals surface area contributed by atoms with Gasteiger partial charge in [0.2, 0.25) is 47.3 Å². The molecule has 12 atom stereocenters. The number of carbonyl (C=O) groups is 11. The Bertz CT molecular complexity index is 5350. The minimum atomic E-state index is -1.34. The van der Waals surface area contributed by atoms with Gasteiger partial charge >= 0.3 is 18.2 Å². The molecule has 130 heavy (non-hydrogen) atoms. The Labute approximate surface area is 760 Å². The van der Waals surface area contributed by atoms with E-state index in [2.05, 4.69) is 76.0 Å². The average Bonchev–Trinajstić information content (AvgIpc) is 1.63. The van der Waals surface area contributed by atoms with E-state index in [0.717, 1.165) is 36.9 Å². The van der Waals surface area contributed by atoms with Crippen molar-refractivity contribution in [2.75, 3.05) is 33.8 Å². The van der Waals surface area contributed by atoms with Crippen molar-refractivity contribution < 1.29 is 76.4 Å². The van der Waals surface area contributed by atoms with Gasteiger partial charge in [-0.1, -0.05) is 175 Å². The first kappa shape index (κ1) is 99.1. The fourth-order valence-electron chi connectivity index (χ4n) is 15.4. The van der Waals surface area contributed by atoms with Gasteiger partial charge in [0.15, 0.2) is 5.82 Å². The smallest absolute Gasteiger partial charge is 0.410 e. The molecule has 2 aliphatic heterocycles. The highest BCUT2D eigenvalue weighted by Crippen LogP contribution is 2.35. The maximum absolute atomic E-state index is 15.7. The van der Waals surface area contributed by atoms with E-state index in [0.29, 0.717) is 46.9 Å². The number of amides is 10. The van der Waals surface area contributed by atoms with E-state index in [1.54, 1.807) is 159 Å². The number of likely N-dealkylation sites (N-methyl/N-ethyl adjacent to an activating group) is 2. The fourth-order valence-corrected chi connectivity index (χ4v) is 15.4. The van der Waals surface area contributed by atoms with Crippen molar-refractivity contribution in [3.05, 3.63) is 199 Å². The van der Waals surface area contributed by atoms with Crippen LogP contribution in [0.2, 0.25) is 0 Å². The van der Waals surface area contributed by atoms with Gasteiger partial charge in [0, 0.05) is 59.3 Å². The number of nitrogens with zero attached hydrogens (tertiary/aromatic N) is 10. The van der Waals surface area contributed by atoms with Crippen LogP contribution in [-0.4, -0.2) is 226 Å². The number of fused-ring (bicyclic) bond motifs is 2. The van der Waals surface area contributed by atoms with Crippen LogP contribution in [0.4, 0.5) is 9.59 Å². The monoisotopic (exact) mass is 1790 g/mol. The minimum Gasteiger partial charge on any atom is -0.490 e. The van der Waals surface area contributed by atoms with E-state index in [1.807, 2.05) is 97.1 Å². The average molecular weight is 1790 g/mol. The highest BCUT2D eigenvalue weighted by Gasteiger charge is 2.49. The number of likely N-dealkylation sites (tertiary alicyclic amines) is 2. The molecule has 2 aromatic heterocycles. The molecule has 10 amide bonds. The number of esters is 1. The van der Waals surface area contributed by atoms with Crippen LogP contribution in [0, 0.1) is 16.7 Å². The summed E-state index contributed by atoms with van der Waals surface area (Å²) in [5.41, 5.74) is -1.58. The van der Waals surface area contributed by atoms with Crippen LogP contribution in [0.3, 0.4) is 0 Å². The zero-order chi connectivity index (χ0) is 95.1. The zero-order valence-electron chi connectivity index (χ0n) is 78.1. The zero-order valence-corrected chi connectivity index (χ0v) is 78.1. The number of aromatic nitrogens is 7. The number of ether oxygens (including phenoxy) is 5. The van der Waals surface area contributed by atoms with Crippen LogP contribution in [0.25, 0.3) is 21.5 Å². The number of tetrazole rings is 1. The first-order valence-corrected chi connectivity index (χ1v) is 44.0. The Morgan fingerprint density at radius 2 is 0.938 bits per heavy atom. The largest absolute Gasteiger partial charge is 0.490 e. The van der Waals surface area contributed by atoms with Gasteiger partial charge in [-0.3, -0.25) is 48.2 Å². The van der Waals surface area contributed by atoms with Crippen molar-refractivity contribution in [3.8, 4) is 11.5 Å². The lowest BCUT2D eigenvalue weighted by Crippen LogP contribution is -2.61. The van der Waals surface area contributed by atoms with E-state index in [1.165, 1.54) is 42.4 Å². The number of carbonyl (C=O) groups excluding carboxylic acids is 11. The summed E-state index contributed by atoms with van der Waals surface area (Å²) in [5.74, 6) is -4.95. The van der Waals surface area contributed by atoms with Gasteiger partial charge in [-0.2, -0.15) is 0 Å². The molecular weight excluding hydrogens is 1660 g/mol. The summed E-state index contributed by atoms with van der Waals surface area (Å²) in [7, 11) is 2.85. The molecule has 2 aliphatic rings. The second kappa shape index (κ2) is 42.4. The molecule has 7 N–H and O–H groups in total. The van der Waals surface area contributed by atoms with Crippen molar-refractivity contribution >= 4 is 87.0 Å². The molecule has 10 rings (SSSR count). The van der Waals surface area contributed by atoms with Gasteiger partial charge in [-0.15, -0.1) is 16.8 Å². The molecule has 8 aromatic rings. The lowest BCUT2D eigenvalue weighted by atomic mass is 9.85. The summed E-state index contributed by atoms with van der Waals surface area (Å²) < 4.78 is 30.7. The van der Waals surface area contributed by atoms with Gasteiger partial charge in [-0.05, 0) is 184 Å². The Morgan fingerprint density at radius 1 is 0.492 bits per heavy atom. The van der Waals surface area contributed by atoms with Crippen LogP contribution in [0.1, 0.15) is 183 Å². The number of hydrogen-bond acceptors (Lipinski definition) is 21. The summed E-state index contributed by atoms with van der Waals surface area (Å²) in [6.45, 7) is 36.8. The van der Waals surface area contributed by atoms with Gasteiger partial charge in [0.1, 0.15) is 102 Å². The normalized spacial score (nSPS) is 17.3.